The second-order valence-electron chi connectivity index (χ2n) is 4.32. The standard InChI is InChI=1S/C10H19NO2/c1-11(2)7-8-3-5-9(6-4-8)10(12)13/h8-9H,3-7H2,1-2H3,(H,12,13). The van der Waals surface area contributed by atoms with E-state index in [-0.39, 0.29) is 5.92 Å². The lowest BCUT2D eigenvalue weighted by Gasteiger charge is -2.28. The molecule has 0 radical (unpaired) electrons. The van der Waals surface area contributed by atoms with Crippen molar-refractivity contribution in [2.45, 2.75) is 25.7 Å². The summed E-state index contributed by atoms with van der Waals surface area (Å²) >= 11 is 0. The van der Waals surface area contributed by atoms with Crippen LogP contribution in [0.1, 0.15) is 25.7 Å². The zero-order valence-corrected chi connectivity index (χ0v) is 8.49. The third kappa shape index (κ3) is 3.35. The van der Waals surface area contributed by atoms with E-state index < -0.39 is 5.97 Å². The smallest absolute Gasteiger partial charge is 0.306 e. The summed E-state index contributed by atoms with van der Waals surface area (Å²) in [6, 6.07) is 0. The Morgan fingerprint density at radius 1 is 1.31 bits per heavy atom. The van der Waals surface area contributed by atoms with Crippen LogP contribution in [0.5, 0.6) is 0 Å². The molecular weight excluding hydrogens is 166 g/mol. The van der Waals surface area contributed by atoms with E-state index in [1.807, 2.05) is 0 Å². The van der Waals surface area contributed by atoms with E-state index in [1.165, 1.54) is 0 Å². The monoisotopic (exact) mass is 185 g/mol. The van der Waals surface area contributed by atoms with Crippen molar-refractivity contribution >= 4 is 5.97 Å². The average Bonchev–Trinajstić information content (AvgIpc) is 2.04. The quantitative estimate of drug-likeness (QED) is 0.723. The Kier molecular flexibility index (Phi) is 3.72. The predicted molar refractivity (Wildman–Crippen MR) is 51.6 cm³/mol. The molecule has 0 heterocycles. The highest BCUT2D eigenvalue weighted by atomic mass is 16.4. The molecule has 1 fully saturated rings. The molecule has 13 heavy (non-hydrogen) atoms. The van der Waals surface area contributed by atoms with Crippen molar-refractivity contribution in [1.29, 1.82) is 0 Å². The van der Waals surface area contributed by atoms with Crippen molar-refractivity contribution in [3.8, 4) is 0 Å². The summed E-state index contributed by atoms with van der Waals surface area (Å²) in [5, 5.41) is 8.80. The molecule has 0 unspecified atom stereocenters. The Balaban J connectivity index is 2.26. The first-order valence-corrected chi connectivity index (χ1v) is 4.97. The largest absolute Gasteiger partial charge is 0.481 e. The third-order valence-electron chi connectivity index (χ3n) is 2.82. The van der Waals surface area contributed by atoms with Crippen LogP contribution in [0.25, 0.3) is 0 Å². The normalized spacial score (nSPS) is 29.2. The lowest BCUT2D eigenvalue weighted by atomic mass is 9.82. The second kappa shape index (κ2) is 4.61. The van der Waals surface area contributed by atoms with Gasteiger partial charge in [0.25, 0.3) is 0 Å². The van der Waals surface area contributed by atoms with E-state index in [9.17, 15) is 4.79 Å². The Bertz CT molecular complexity index is 172. The first-order valence-electron chi connectivity index (χ1n) is 4.97. The number of nitrogens with zero attached hydrogens (tertiary/aromatic N) is 1. The molecular formula is C10H19NO2. The van der Waals surface area contributed by atoms with E-state index in [4.69, 9.17) is 5.11 Å². The summed E-state index contributed by atoms with van der Waals surface area (Å²) in [5.41, 5.74) is 0. The van der Waals surface area contributed by atoms with Crippen molar-refractivity contribution in [2.24, 2.45) is 11.8 Å². The van der Waals surface area contributed by atoms with Crippen molar-refractivity contribution in [2.75, 3.05) is 20.6 Å². The molecule has 3 heteroatoms. The van der Waals surface area contributed by atoms with Gasteiger partial charge >= 0.3 is 5.97 Å². The van der Waals surface area contributed by atoms with Gasteiger partial charge in [-0.1, -0.05) is 0 Å². The van der Waals surface area contributed by atoms with Crippen LogP contribution >= 0.6 is 0 Å². The molecule has 0 atom stereocenters. The minimum Gasteiger partial charge on any atom is -0.481 e. The maximum absolute atomic E-state index is 10.7. The van der Waals surface area contributed by atoms with Crippen LogP contribution in [-0.4, -0.2) is 36.6 Å². The SMILES string of the molecule is CN(C)CC1CCC(C(=O)O)CC1. The molecule has 1 rings (SSSR count). The highest BCUT2D eigenvalue weighted by Gasteiger charge is 2.25. The van der Waals surface area contributed by atoms with Crippen molar-refractivity contribution < 1.29 is 9.90 Å². The number of carboxylic acids is 1. The van der Waals surface area contributed by atoms with Gasteiger partial charge in [0, 0.05) is 6.54 Å². The van der Waals surface area contributed by atoms with Crippen LogP contribution in [0.15, 0.2) is 0 Å². The third-order valence-corrected chi connectivity index (χ3v) is 2.82. The van der Waals surface area contributed by atoms with E-state index in [0.29, 0.717) is 5.92 Å². The molecule has 0 aromatic heterocycles. The summed E-state index contributed by atoms with van der Waals surface area (Å²) in [7, 11) is 4.15. The molecule has 0 amide bonds. The van der Waals surface area contributed by atoms with Gasteiger partial charge in [0.1, 0.15) is 0 Å². The molecule has 0 bridgehead atoms. The van der Waals surface area contributed by atoms with Gasteiger partial charge in [0.15, 0.2) is 0 Å². The molecule has 0 aliphatic heterocycles. The lowest BCUT2D eigenvalue weighted by molar-refractivity contribution is -0.143. The Morgan fingerprint density at radius 2 is 1.85 bits per heavy atom. The highest BCUT2D eigenvalue weighted by Crippen LogP contribution is 2.28. The van der Waals surface area contributed by atoms with Crippen LogP contribution in [0.3, 0.4) is 0 Å². The summed E-state index contributed by atoms with van der Waals surface area (Å²) in [5.74, 6) is 0.0346. The van der Waals surface area contributed by atoms with Crippen LogP contribution in [0.2, 0.25) is 0 Å². The predicted octanol–water partition coefficient (Wildman–Crippen LogP) is 1.44. The first-order chi connectivity index (χ1) is 6.09. The maximum atomic E-state index is 10.7. The van der Waals surface area contributed by atoms with Crippen molar-refractivity contribution in [3.05, 3.63) is 0 Å². The highest BCUT2D eigenvalue weighted by molar-refractivity contribution is 5.69. The summed E-state index contributed by atoms with van der Waals surface area (Å²) < 4.78 is 0. The van der Waals surface area contributed by atoms with Gasteiger partial charge in [-0.25, -0.2) is 0 Å². The molecule has 0 aromatic carbocycles. The number of aliphatic carboxylic acids is 1. The summed E-state index contributed by atoms with van der Waals surface area (Å²) in [6.07, 6.45) is 3.89. The zero-order valence-electron chi connectivity index (χ0n) is 8.49. The van der Waals surface area contributed by atoms with Gasteiger partial charge in [-0.2, -0.15) is 0 Å². The summed E-state index contributed by atoms with van der Waals surface area (Å²) in [6.45, 7) is 1.10. The number of hydrogen-bond acceptors (Lipinski definition) is 2. The fourth-order valence-corrected chi connectivity index (χ4v) is 2.11. The lowest BCUT2D eigenvalue weighted by Crippen LogP contribution is -2.28. The molecule has 1 aliphatic rings. The van der Waals surface area contributed by atoms with Crippen LogP contribution in [-0.2, 0) is 4.79 Å². The molecule has 0 saturated heterocycles. The second-order valence-corrected chi connectivity index (χ2v) is 4.32. The van der Waals surface area contributed by atoms with Gasteiger partial charge in [0.05, 0.1) is 5.92 Å². The number of carboxylic acid groups (broad SMARTS) is 1. The minimum atomic E-state index is -0.608. The number of rotatable bonds is 3. The summed E-state index contributed by atoms with van der Waals surface area (Å²) in [4.78, 5) is 12.9. The van der Waals surface area contributed by atoms with E-state index in [1.54, 1.807) is 0 Å². The van der Waals surface area contributed by atoms with Crippen molar-refractivity contribution in [1.82, 2.24) is 4.90 Å². The Morgan fingerprint density at radius 3 is 2.23 bits per heavy atom. The van der Waals surface area contributed by atoms with E-state index in [0.717, 1.165) is 32.2 Å². The van der Waals surface area contributed by atoms with Gasteiger partial charge in [0.2, 0.25) is 0 Å². The minimum absolute atomic E-state index is 0.0709. The molecule has 0 aromatic rings. The van der Waals surface area contributed by atoms with Gasteiger partial charge < -0.3 is 10.0 Å². The van der Waals surface area contributed by atoms with Crippen LogP contribution < -0.4 is 0 Å². The van der Waals surface area contributed by atoms with Gasteiger partial charge in [-0.05, 0) is 45.7 Å². The maximum Gasteiger partial charge on any atom is 0.306 e. The van der Waals surface area contributed by atoms with Crippen molar-refractivity contribution in [3.63, 3.8) is 0 Å². The van der Waals surface area contributed by atoms with E-state index in [2.05, 4.69) is 19.0 Å². The molecule has 1 aliphatic carbocycles. The van der Waals surface area contributed by atoms with Gasteiger partial charge in [-0.3, -0.25) is 4.79 Å². The molecule has 3 nitrogen and oxygen atoms in total. The Labute approximate surface area is 79.7 Å². The number of carbonyl (C=O) groups is 1. The molecule has 1 saturated carbocycles. The molecule has 76 valence electrons. The molecule has 1 N–H and O–H groups in total. The van der Waals surface area contributed by atoms with Crippen LogP contribution in [0, 0.1) is 11.8 Å². The van der Waals surface area contributed by atoms with Crippen LogP contribution in [0.4, 0.5) is 0 Å². The Hall–Kier alpha value is -0.570. The van der Waals surface area contributed by atoms with E-state index >= 15 is 0 Å². The fraction of sp³-hybridized carbons (Fsp3) is 0.900. The van der Waals surface area contributed by atoms with Gasteiger partial charge in [-0.15, -0.1) is 0 Å². The zero-order chi connectivity index (χ0) is 9.84. The topological polar surface area (TPSA) is 40.5 Å². The first kappa shape index (κ1) is 10.5. The number of hydrogen-bond donors (Lipinski definition) is 1. The average molecular weight is 185 g/mol. The fourth-order valence-electron chi connectivity index (χ4n) is 2.11. The molecule has 0 spiro atoms.